The number of rotatable bonds is 15. The van der Waals surface area contributed by atoms with E-state index in [2.05, 4.69) is 35.1 Å². The van der Waals surface area contributed by atoms with E-state index in [0.717, 1.165) is 51.7 Å². The Morgan fingerprint density at radius 3 is 1.54 bits per heavy atom. The average Bonchev–Trinajstić information content (AvgIpc) is 2.88. The Kier molecular flexibility index (Phi) is 38.1. The second kappa shape index (κ2) is 28.8. The Balaban J connectivity index is -0.000000720. The lowest BCUT2D eigenvalue weighted by Crippen LogP contribution is -2.35. The Labute approximate surface area is 217 Å². The van der Waals surface area contributed by atoms with Gasteiger partial charge in [0.2, 0.25) is 0 Å². The smallest absolute Gasteiger partial charge is 0.00670 e. The monoisotopic (exact) mass is 660 g/mol. The molecule has 1 unspecified atom stereocenters. The zero-order valence-corrected chi connectivity index (χ0v) is 25.0. The Hall–Kier alpha value is 1.76. The summed E-state index contributed by atoms with van der Waals surface area (Å²) in [4.78, 5) is 0. The zero-order valence-electron chi connectivity index (χ0n) is 18.1. The van der Waals surface area contributed by atoms with Crippen molar-refractivity contribution in [2.75, 3.05) is 45.8 Å². The highest BCUT2D eigenvalue weighted by atomic mass is 79.9. The minimum absolute atomic E-state index is 0. The molecule has 1 aliphatic rings. The molecule has 0 aromatic heterocycles. The van der Waals surface area contributed by atoms with Gasteiger partial charge in [0.05, 0.1) is 0 Å². The molecule has 4 nitrogen and oxygen atoms in total. The fraction of sp³-hybridized carbons (Fsp3) is 1.00. The lowest BCUT2D eigenvalue weighted by atomic mass is 9.93. The maximum atomic E-state index is 3.76. The van der Waals surface area contributed by atoms with E-state index in [1.54, 1.807) is 0 Å². The molecule has 8 heteroatoms. The SMILES string of the molecule is Br.Br.Br.Br.CCNCCCNCCCNCCCNC(C)C1CCCCCC1. The Morgan fingerprint density at radius 1 is 0.643 bits per heavy atom. The highest BCUT2D eigenvalue weighted by Crippen LogP contribution is 2.25. The molecule has 0 aliphatic heterocycles. The van der Waals surface area contributed by atoms with Gasteiger partial charge in [-0.15, -0.1) is 67.9 Å². The van der Waals surface area contributed by atoms with Crippen molar-refractivity contribution >= 4 is 67.9 Å². The summed E-state index contributed by atoms with van der Waals surface area (Å²) >= 11 is 0. The summed E-state index contributed by atoms with van der Waals surface area (Å²) in [5, 5.41) is 14.2. The quantitative estimate of drug-likeness (QED) is 0.144. The van der Waals surface area contributed by atoms with Crippen LogP contribution in [0, 0.1) is 5.92 Å². The standard InChI is InChI=1S/C20H44N4.4BrH/c1-3-21-13-8-14-22-15-9-16-23-17-10-18-24-19(2)20-11-6-4-5-7-12-20;;;;/h19-24H,3-18H2,1-2H3;4*1H. The van der Waals surface area contributed by atoms with Gasteiger partial charge in [-0.3, -0.25) is 0 Å². The van der Waals surface area contributed by atoms with E-state index in [-0.39, 0.29) is 67.9 Å². The lowest BCUT2D eigenvalue weighted by Gasteiger charge is -2.23. The molecule has 1 aliphatic carbocycles. The summed E-state index contributed by atoms with van der Waals surface area (Å²) in [6.45, 7) is 12.5. The molecule has 0 heterocycles. The van der Waals surface area contributed by atoms with Crippen LogP contribution in [-0.4, -0.2) is 51.9 Å². The maximum Gasteiger partial charge on any atom is 0.00670 e. The summed E-state index contributed by atoms with van der Waals surface area (Å²) in [6, 6.07) is 0.703. The van der Waals surface area contributed by atoms with E-state index in [0.29, 0.717) is 6.04 Å². The van der Waals surface area contributed by atoms with Gasteiger partial charge in [-0.05, 0) is 90.8 Å². The Bertz CT molecular complexity index is 269. The van der Waals surface area contributed by atoms with Crippen LogP contribution in [0.3, 0.4) is 0 Å². The third-order valence-corrected chi connectivity index (χ3v) is 5.27. The van der Waals surface area contributed by atoms with Gasteiger partial charge in [-0.1, -0.05) is 32.6 Å². The van der Waals surface area contributed by atoms with Crippen LogP contribution in [0.2, 0.25) is 0 Å². The normalized spacial score (nSPS) is 15.2. The maximum absolute atomic E-state index is 3.76. The van der Waals surface area contributed by atoms with E-state index in [1.807, 2.05) is 0 Å². The first kappa shape index (κ1) is 37.1. The van der Waals surface area contributed by atoms with Gasteiger partial charge in [0, 0.05) is 6.04 Å². The van der Waals surface area contributed by atoms with Crippen molar-refractivity contribution in [1.82, 2.24) is 21.3 Å². The molecule has 0 aromatic rings. The number of halogens is 4. The van der Waals surface area contributed by atoms with Crippen molar-refractivity contribution in [3.05, 3.63) is 0 Å². The van der Waals surface area contributed by atoms with Gasteiger partial charge >= 0.3 is 0 Å². The van der Waals surface area contributed by atoms with E-state index >= 15 is 0 Å². The van der Waals surface area contributed by atoms with Gasteiger partial charge in [0.25, 0.3) is 0 Å². The Morgan fingerprint density at radius 2 is 1.07 bits per heavy atom. The van der Waals surface area contributed by atoms with E-state index in [1.165, 1.54) is 57.8 Å². The summed E-state index contributed by atoms with van der Waals surface area (Å²) in [7, 11) is 0. The molecule has 0 amide bonds. The minimum atomic E-state index is 0. The van der Waals surface area contributed by atoms with E-state index in [4.69, 9.17) is 0 Å². The van der Waals surface area contributed by atoms with Crippen LogP contribution < -0.4 is 21.3 Å². The van der Waals surface area contributed by atoms with Crippen LogP contribution in [0.4, 0.5) is 0 Å². The summed E-state index contributed by atoms with van der Waals surface area (Å²) in [6.07, 6.45) is 12.4. The lowest BCUT2D eigenvalue weighted by molar-refractivity contribution is 0.336. The number of hydrogen-bond donors (Lipinski definition) is 4. The molecule has 1 rings (SSSR count). The average molecular weight is 664 g/mol. The molecular weight excluding hydrogens is 616 g/mol. The molecule has 0 saturated heterocycles. The third-order valence-electron chi connectivity index (χ3n) is 5.27. The van der Waals surface area contributed by atoms with Crippen molar-refractivity contribution in [2.24, 2.45) is 5.92 Å². The summed E-state index contributed by atoms with van der Waals surface area (Å²) in [5.41, 5.74) is 0. The van der Waals surface area contributed by atoms with Crippen molar-refractivity contribution in [3.63, 3.8) is 0 Å². The molecule has 1 fully saturated rings. The second-order valence-corrected chi connectivity index (χ2v) is 7.41. The van der Waals surface area contributed by atoms with Crippen LogP contribution in [-0.2, 0) is 0 Å². The molecule has 0 aromatic carbocycles. The molecule has 0 spiro atoms. The van der Waals surface area contributed by atoms with Crippen molar-refractivity contribution < 1.29 is 0 Å². The van der Waals surface area contributed by atoms with Gasteiger partial charge < -0.3 is 21.3 Å². The molecular formula is C20H48Br4N4. The van der Waals surface area contributed by atoms with E-state index < -0.39 is 0 Å². The minimum Gasteiger partial charge on any atom is -0.317 e. The molecule has 0 radical (unpaired) electrons. The molecule has 176 valence electrons. The van der Waals surface area contributed by atoms with Gasteiger partial charge in [-0.25, -0.2) is 0 Å². The second-order valence-electron chi connectivity index (χ2n) is 7.41. The molecule has 4 N–H and O–H groups in total. The van der Waals surface area contributed by atoms with Gasteiger partial charge in [0.1, 0.15) is 0 Å². The fourth-order valence-electron chi connectivity index (χ4n) is 3.62. The summed E-state index contributed by atoms with van der Waals surface area (Å²) in [5.74, 6) is 0.916. The summed E-state index contributed by atoms with van der Waals surface area (Å²) < 4.78 is 0. The number of hydrogen-bond acceptors (Lipinski definition) is 4. The largest absolute Gasteiger partial charge is 0.317 e. The first-order valence-electron chi connectivity index (χ1n) is 10.7. The van der Waals surface area contributed by atoms with Crippen LogP contribution in [0.1, 0.15) is 71.6 Å². The highest BCUT2D eigenvalue weighted by molar-refractivity contribution is 8.93. The molecule has 28 heavy (non-hydrogen) atoms. The highest BCUT2D eigenvalue weighted by Gasteiger charge is 2.17. The number of nitrogens with one attached hydrogen (secondary N) is 4. The first-order chi connectivity index (χ1) is 11.8. The third kappa shape index (κ3) is 22.4. The molecule has 1 atom stereocenters. The van der Waals surface area contributed by atoms with Crippen LogP contribution in [0.25, 0.3) is 0 Å². The van der Waals surface area contributed by atoms with Crippen molar-refractivity contribution in [2.45, 2.75) is 77.7 Å². The first-order valence-corrected chi connectivity index (χ1v) is 10.7. The van der Waals surface area contributed by atoms with Crippen LogP contribution in [0.5, 0.6) is 0 Å². The van der Waals surface area contributed by atoms with E-state index in [9.17, 15) is 0 Å². The fourth-order valence-corrected chi connectivity index (χ4v) is 3.62. The van der Waals surface area contributed by atoms with Crippen molar-refractivity contribution in [3.8, 4) is 0 Å². The van der Waals surface area contributed by atoms with Crippen molar-refractivity contribution in [1.29, 1.82) is 0 Å². The zero-order chi connectivity index (χ0) is 17.3. The van der Waals surface area contributed by atoms with Gasteiger partial charge in [0.15, 0.2) is 0 Å². The molecule has 0 bridgehead atoms. The van der Waals surface area contributed by atoms with Crippen LogP contribution >= 0.6 is 67.9 Å². The molecule has 1 saturated carbocycles. The van der Waals surface area contributed by atoms with Gasteiger partial charge in [-0.2, -0.15) is 0 Å². The predicted octanol–water partition coefficient (Wildman–Crippen LogP) is 5.21. The topological polar surface area (TPSA) is 48.1 Å². The van der Waals surface area contributed by atoms with Crippen LogP contribution in [0.15, 0.2) is 0 Å². The predicted molar refractivity (Wildman–Crippen MR) is 148 cm³/mol.